The molecule has 0 aliphatic carbocycles. The minimum atomic E-state index is -3.64. The second-order valence-corrected chi connectivity index (χ2v) is 9.48. The van der Waals surface area contributed by atoms with E-state index < -0.39 is 40.2 Å². The highest BCUT2D eigenvalue weighted by Crippen LogP contribution is 2.21. The highest BCUT2D eigenvalue weighted by molar-refractivity contribution is 7.88. The number of hydrogen-bond donors (Lipinski definition) is 3. The molecule has 1 aliphatic rings. The van der Waals surface area contributed by atoms with E-state index in [9.17, 15) is 22.3 Å². The molecule has 2 aromatic rings. The Balaban J connectivity index is 1.76. The predicted octanol–water partition coefficient (Wildman–Crippen LogP) is 1.64. The lowest BCUT2D eigenvalue weighted by molar-refractivity contribution is -0.0189. The molecular weight excluding hydrogens is 452 g/mol. The van der Waals surface area contributed by atoms with Crippen LogP contribution >= 0.6 is 0 Å². The molecule has 3 N–H and O–H groups in total. The Bertz CT molecular complexity index is 1130. The third-order valence-electron chi connectivity index (χ3n) is 5.00. The van der Waals surface area contributed by atoms with Crippen LogP contribution in [0.3, 0.4) is 0 Å². The van der Waals surface area contributed by atoms with E-state index in [1.807, 2.05) is 18.2 Å². The summed E-state index contributed by atoms with van der Waals surface area (Å²) in [4.78, 5) is 1.47. The van der Waals surface area contributed by atoms with Crippen LogP contribution in [0.25, 0.3) is 0 Å². The topological polar surface area (TPSA) is 90.9 Å². The van der Waals surface area contributed by atoms with Crippen LogP contribution in [0.1, 0.15) is 16.7 Å². The molecule has 2 aromatic carbocycles. The second-order valence-electron chi connectivity index (χ2n) is 7.70. The highest BCUT2D eigenvalue weighted by Gasteiger charge is 2.34. The number of aliphatic hydroxyl groups excluding tert-OH is 1. The van der Waals surface area contributed by atoms with Gasteiger partial charge < -0.3 is 20.1 Å². The number of nitrogens with zero attached hydrogens (tertiary/aromatic N) is 1. The molecule has 1 heterocycles. The number of benzene rings is 2. The largest absolute Gasteiger partial charge is 0.462 e. The van der Waals surface area contributed by atoms with Gasteiger partial charge in [0.25, 0.3) is 0 Å². The first-order chi connectivity index (χ1) is 15.6. The predicted molar refractivity (Wildman–Crippen MR) is 120 cm³/mol. The van der Waals surface area contributed by atoms with Gasteiger partial charge in [0.15, 0.2) is 0 Å². The van der Waals surface area contributed by atoms with Crippen LogP contribution in [0.2, 0.25) is 0 Å². The highest BCUT2D eigenvalue weighted by atomic mass is 32.2. The number of sulfonamides is 1. The molecule has 10 heteroatoms. The molecule has 1 unspecified atom stereocenters. The first-order valence-electron chi connectivity index (χ1n) is 10.1. The van der Waals surface area contributed by atoms with Crippen molar-refractivity contribution in [2.24, 2.45) is 0 Å². The van der Waals surface area contributed by atoms with E-state index in [2.05, 4.69) is 16.0 Å². The van der Waals surface area contributed by atoms with E-state index in [0.29, 0.717) is 12.1 Å². The molecule has 0 bridgehead atoms. The van der Waals surface area contributed by atoms with Crippen molar-refractivity contribution in [1.29, 1.82) is 0 Å². The monoisotopic (exact) mass is 477 g/mol. The molecule has 176 valence electrons. The first kappa shape index (κ1) is 24.7. The summed E-state index contributed by atoms with van der Waals surface area (Å²) in [6, 6.07) is 9.69. The third-order valence-corrected chi connectivity index (χ3v) is 5.63. The quantitative estimate of drug-likeness (QED) is 0.451. The standard InChI is InChI=1S/C23H25F2N3O4S/c1-3-16-5-4-6-17(9-16)14-26-15-22(29)21(12-18-10-19(24)13-20(25)11-18)28-7-8-32-23(28)27-33(2,30)31/h1,4-11,13,21-23,26-27,29H,12,14-15H2,2H3/t21-,22+,23?/m0/s1. The first-order valence-corrected chi connectivity index (χ1v) is 12.0. The molecule has 33 heavy (non-hydrogen) atoms. The van der Waals surface area contributed by atoms with Gasteiger partial charge in [-0.1, -0.05) is 18.1 Å². The van der Waals surface area contributed by atoms with Crippen LogP contribution in [0, 0.1) is 24.0 Å². The lowest BCUT2D eigenvalue weighted by Crippen LogP contribution is -2.54. The fourth-order valence-corrected chi connectivity index (χ4v) is 4.11. The molecule has 0 radical (unpaired) electrons. The van der Waals surface area contributed by atoms with Crippen molar-refractivity contribution in [3.8, 4) is 12.3 Å². The summed E-state index contributed by atoms with van der Waals surface area (Å²) in [5, 5.41) is 14.1. The van der Waals surface area contributed by atoms with Gasteiger partial charge in [0.05, 0.1) is 18.4 Å². The molecule has 3 rings (SSSR count). The van der Waals surface area contributed by atoms with Gasteiger partial charge >= 0.3 is 0 Å². The van der Waals surface area contributed by atoms with Crippen molar-refractivity contribution < 1.29 is 27.0 Å². The van der Waals surface area contributed by atoms with Crippen molar-refractivity contribution in [2.75, 3.05) is 12.8 Å². The minimum absolute atomic E-state index is 0.0275. The van der Waals surface area contributed by atoms with E-state index in [1.54, 1.807) is 6.07 Å². The normalized spacial score (nSPS) is 17.4. The molecule has 3 atom stereocenters. The maximum Gasteiger partial charge on any atom is 0.241 e. The number of terminal acetylenes is 1. The van der Waals surface area contributed by atoms with E-state index in [-0.39, 0.29) is 13.0 Å². The fraction of sp³-hybridized carbons (Fsp3) is 0.304. The number of aliphatic hydroxyl groups is 1. The smallest absolute Gasteiger partial charge is 0.241 e. The molecule has 0 aromatic heterocycles. The lowest BCUT2D eigenvalue weighted by atomic mass is 9.99. The summed E-state index contributed by atoms with van der Waals surface area (Å²) in [6.45, 7) is 0.532. The average molecular weight is 478 g/mol. The Morgan fingerprint density at radius 2 is 1.94 bits per heavy atom. The molecule has 7 nitrogen and oxygen atoms in total. The van der Waals surface area contributed by atoms with Gasteiger partial charge in [0, 0.05) is 30.9 Å². The van der Waals surface area contributed by atoms with Crippen molar-refractivity contribution in [3.05, 3.63) is 83.3 Å². The molecule has 1 aliphatic heterocycles. The molecule has 0 amide bonds. The number of rotatable bonds is 10. The maximum absolute atomic E-state index is 13.7. The Morgan fingerprint density at radius 3 is 2.61 bits per heavy atom. The maximum atomic E-state index is 13.7. The van der Waals surface area contributed by atoms with Crippen LogP contribution in [-0.2, 0) is 27.7 Å². The van der Waals surface area contributed by atoms with Crippen molar-refractivity contribution in [2.45, 2.75) is 31.5 Å². The Morgan fingerprint density at radius 1 is 1.21 bits per heavy atom. The van der Waals surface area contributed by atoms with E-state index in [4.69, 9.17) is 11.2 Å². The number of hydrogen-bond acceptors (Lipinski definition) is 6. The van der Waals surface area contributed by atoms with Gasteiger partial charge in [-0.25, -0.2) is 17.2 Å². The average Bonchev–Trinajstić information content (AvgIpc) is 3.17. The molecule has 0 spiro atoms. The minimum Gasteiger partial charge on any atom is -0.462 e. The molecule has 0 saturated heterocycles. The zero-order valence-electron chi connectivity index (χ0n) is 17.9. The van der Waals surface area contributed by atoms with Gasteiger partial charge in [-0.2, -0.15) is 4.72 Å². The van der Waals surface area contributed by atoms with Crippen LogP contribution in [0.4, 0.5) is 8.78 Å². The van der Waals surface area contributed by atoms with Gasteiger partial charge in [-0.15, -0.1) is 6.42 Å². The summed E-state index contributed by atoms with van der Waals surface area (Å²) in [5.41, 5.74) is 1.95. The third kappa shape index (κ3) is 7.27. The van der Waals surface area contributed by atoms with E-state index in [1.165, 1.54) is 29.5 Å². The van der Waals surface area contributed by atoms with E-state index >= 15 is 0 Å². The molecule has 0 saturated carbocycles. The summed E-state index contributed by atoms with van der Waals surface area (Å²) >= 11 is 0. The fourth-order valence-electron chi connectivity index (χ4n) is 3.57. The number of nitrogens with one attached hydrogen (secondary N) is 2. The summed E-state index contributed by atoms with van der Waals surface area (Å²) in [7, 11) is -3.64. The Labute approximate surface area is 192 Å². The Hall–Kier alpha value is -2.97. The van der Waals surface area contributed by atoms with Crippen molar-refractivity contribution in [3.63, 3.8) is 0 Å². The second kappa shape index (κ2) is 10.8. The number of ether oxygens (including phenoxy) is 1. The summed E-state index contributed by atoms with van der Waals surface area (Å²) in [6.07, 6.45) is 7.03. The van der Waals surface area contributed by atoms with Crippen LogP contribution in [0.15, 0.2) is 54.9 Å². The van der Waals surface area contributed by atoms with Gasteiger partial charge in [-0.05, 0) is 41.8 Å². The zero-order chi connectivity index (χ0) is 24.0. The summed E-state index contributed by atoms with van der Waals surface area (Å²) < 4.78 is 58.5. The lowest BCUT2D eigenvalue weighted by Gasteiger charge is -2.35. The van der Waals surface area contributed by atoms with Crippen LogP contribution < -0.4 is 10.0 Å². The number of halogens is 2. The summed E-state index contributed by atoms with van der Waals surface area (Å²) in [5.74, 6) is 1.07. The van der Waals surface area contributed by atoms with E-state index in [0.717, 1.165) is 23.4 Å². The van der Waals surface area contributed by atoms with Gasteiger partial charge in [0.2, 0.25) is 16.4 Å². The molecular formula is C23H25F2N3O4S. The van der Waals surface area contributed by atoms with Gasteiger partial charge in [-0.3, -0.25) is 0 Å². The van der Waals surface area contributed by atoms with Gasteiger partial charge in [0.1, 0.15) is 17.9 Å². The van der Waals surface area contributed by atoms with Crippen molar-refractivity contribution in [1.82, 2.24) is 14.9 Å². The SMILES string of the molecule is C#Cc1cccc(CNC[C@@H](O)[C@H](Cc2cc(F)cc(F)c2)N2C=COC2NS(C)(=O)=O)c1. The van der Waals surface area contributed by atoms with Crippen molar-refractivity contribution >= 4 is 10.0 Å². The molecule has 0 fully saturated rings. The van der Waals surface area contributed by atoms with Crippen LogP contribution in [-0.4, -0.2) is 49.7 Å². The Kier molecular flexibility index (Phi) is 8.05. The van der Waals surface area contributed by atoms with Crippen LogP contribution in [0.5, 0.6) is 0 Å². The zero-order valence-corrected chi connectivity index (χ0v) is 18.7.